The summed E-state index contributed by atoms with van der Waals surface area (Å²) >= 11 is 6.10. The summed E-state index contributed by atoms with van der Waals surface area (Å²) in [6.07, 6.45) is 3.23. The van der Waals surface area contributed by atoms with Crippen LogP contribution in [0.2, 0.25) is 5.02 Å². The van der Waals surface area contributed by atoms with Crippen LogP contribution >= 0.6 is 11.6 Å². The van der Waals surface area contributed by atoms with E-state index >= 15 is 0 Å². The number of aromatic nitrogens is 2. The first-order valence-corrected chi connectivity index (χ1v) is 8.89. The number of hydrogen-bond donors (Lipinski definition) is 0. The topological polar surface area (TPSA) is 61.2 Å². The summed E-state index contributed by atoms with van der Waals surface area (Å²) in [6, 6.07) is 4.71. The molecule has 0 saturated carbocycles. The van der Waals surface area contributed by atoms with Crippen molar-refractivity contribution < 1.29 is 13.2 Å². The third-order valence-electron chi connectivity index (χ3n) is 3.20. The Kier molecular flexibility index (Phi) is 5.13. The predicted octanol–water partition coefficient (Wildman–Crippen LogP) is 3.57. The molecule has 0 N–H and O–H groups in total. The van der Waals surface area contributed by atoms with Crippen LogP contribution in [0.5, 0.6) is 5.75 Å². The highest BCUT2D eigenvalue weighted by Gasteiger charge is 2.24. The summed E-state index contributed by atoms with van der Waals surface area (Å²) in [5, 5.41) is 4.36. The van der Waals surface area contributed by atoms with E-state index in [2.05, 4.69) is 5.10 Å². The molecular formula is C15H19ClN2O3S. The Morgan fingerprint density at radius 3 is 2.64 bits per heavy atom. The highest BCUT2D eigenvalue weighted by atomic mass is 35.5. The molecule has 7 heteroatoms. The first kappa shape index (κ1) is 16.8. The second kappa shape index (κ2) is 6.71. The number of hydrogen-bond acceptors (Lipinski definition) is 4. The molecule has 120 valence electrons. The molecule has 0 aliphatic rings. The van der Waals surface area contributed by atoms with E-state index in [9.17, 15) is 8.42 Å². The molecule has 1 heterocycles. The van der Waals surface area contributed by atoms with Gasteiger partial charge in [-0.15, -0.1) is 0 Å². The number of nitrogens with zero attached hydrogens (tertiary/aromatic N) is 2. The van der Waals surface area contributed by atoms with Gasteiger partial charge in [0.2, 0.25) is 0 Å². The number of unbranched alkanes of at least 4 members (excludes halogenated alkanes) is 1. The molecule has 0 fully saturated rings. The Morgan fingerprint density at radius 2 is 2.05 bits per heavy atom. The van der Waals surface area contributed by atoms with Crippen molar-refractivity contribution in [2.75, 3.05) is 6.61 Å². The monoisotopic (exact) mass is 342 g/mol. The summed E-state index contributed by atoms with van der Waals surface area (Å²) in [5.41, 5.74) is 1.39. The lowest BCUT2D eigenvalue weighted by molar-refractivity contribution is 0.301. The summed E-state index contributed by atoms with van der Waals surface area (Å²) < 4.78 is 32.0. The molecule has 1 aromatic carbocycles. The Morgan fingerprint density at radius 1 is 1.32 bits per heavy atom. The van der Waals surface area contributed by atoms with E-state index in [1.54, 1.807) is 19.1 Å². The molecule has 0 saturated heterocycles. The van der Waals surface area contributed by atoms with Crippen LogP contribution < -0.4 is 4.74 Å². The fourth-order valence-corrected chi connectivity index (χ4v) is 3.43. The summed E-state index contributed by atoms with van der Waals surface area (Å²) in [7, 11) is -3.83. The number of ether oxygens (including phenoxy) is 1. The predicted molar refractivity (Wildman–Crippen MR) is 86.1 cm³/mol. The Labute approximate surface area is 135 Å². The molecule has 0 unspecified atom stereocenters. The maximum atomic E-state index is 12.7. The number of halogens is 1. The van der Waals surface area contributed by atoms with Crippen molar-refractivity contribution in [2.45, 2.75) is 38.5 Å². The van der Waals surface area contributed by atoms with Crippen LogP contribution in [0.4, 0.5) is 0 Å². The highest BCUT2D eigenvalue weighted by Crippen LogP contribution is 2.31. The highest BCUT2D eigenvalue weighted by molar-refractivity contribution is 7.90. The molecule has 0 aliphatic heterocycles. The van der Waals surface area contributed by atoms with Crippen LogP contribution in [-0.4, -0.2) is 24.2 Å². The van der Waals surface area contributed by atoms with Crippen molar-refractivity contribution in [3.63, 3.8) is 0 Å². The summed E-state index contributed by atoms with van der Waals surface area (Å²) in [5.74, 6) is 0.309. The van der Waals surface area contributed by atoms with Gasteiger partial charge in [0.15, 0.2) is 0 Å². The number of aryl methyl sites for hydroxylation is 2. The van der Waals surface area contributed by atoms with Crippen LogP contribution in [0.3, 0.4) is 0 Å². The van der Waals surface area contributed by atoms with Gasteiger partial charge in [0.25, 0.3) is 10.0 Å². The molecule has 2 aromatic rings. The fourth-order valence-electron chi connectivity index (χ4n) is 1.91. The Balaban J connectivity index is 2.50. The molecule has 0 aliphatic carbocycles. The van der Waals surface area contributed by atoms with Crippen LogP contribution in [0.1, 0.15) is 31.0 Å². The van der Waals surface area contributed by atoms with E-state index in [-0.39, 0.29) is 4.90 Å². The molecule has 1 aromatic heterocycles. The molecule has 0 bridgehead atoms. The van der Waals surface area contributed by atoms with E-state index in [0.717, 1.165) is 22.5 Å². The minimum atomic E-state index is -3.83. The van der Waals surface area contributed by atoms with E-state index in [1.165, 1.54) is 12.3 Å². The quantitative estimate of drug-likeness (QED) is 0.753. The molecule has 0 spiro atoms. The molecule has 0 atom stereocenters. The standard InChI is InChI=1S/C15H19ClN2O3S/c1-4-5-8-21-14-9-11(2)13(16)10-15(14)22(19,20)18-7-6-12(3)17-18/h6-7,9-10H,4-5,8H2,1-3H3. The minimum absolute atomic E-state index is 0.0299. The lowest BCUT2D eigenvalue weighted by atomic mass is 10.2. The Hall–Kier alpha value is -1.53. The summed E-state index contributed by atoms with van der Waals surface area (Å²) in [6.45, 7) is 6.04. The van der Waals surface area contributed by atoms with Gasteiger partial charge >= 0.3 is 0 Å². The van der Waals surface area contributed by atoms with Crippen molar-refractivity contribution in [3.05, 3.63) is 40.7 Å². The van der Waals surface area contributed by atoms with Crippen LogP contribution in [0, 0.1) is 13.8 Å². The zero-order chi connectivity index (χ0) is 16.3. The molecular weight excluding hydrogens is 324 g/mol. The van der Waals surface area contributed by atoms with Gasteiger partial charge in [-0.3, -0.25) is 0 Å². The maximum Gasteiger partial charge on any atom is 0.286 e. The fraction of sp³-hybridized carbons (Fsp3) is 0.400. The van der Waals surface area contributed by atoms with Crippen molar-refractivity contribution in [1.29, 1.82) is 0 Å². The first-order chi connectivity index (χ1) is 10.4. The third kappa shape index (κ3) is 3.44. The van der Waals surface area contributed by atoms with Crippen LogP contribution in [-0.2, 0) is 10.0 Å². The molecule has 22 heavy (non-hydrogen) atoms. The van der Waals surface area contributed by atoms with Gasteiger partial charge in [-0.05, 0) is 44.0 Å². The van der Waals surface area contributed by atoms with Gasteiger partial charge in [-0.2, -0.15) is 17.6 Å². The second-order valence-electron chi connectivity index (χ2n) is 5.08. The van der Waals surface area contributed by atoms with Gasteiger partial charge in [0.05, 0.1) is 12.3 Å². The van der Waals surface area contributed by atoms with E-state index < -0.39 is 10.0 Å². The van der Waals surface area contributed by atoms with Gasteiger partial charge < -0.3 is 4.74 Å². The zero-order valence-electron chi connectivity index (χ0n) is 12.8. The van der Waals surface area contributed by atoms with Crippen molar-refractivity contribution >= 4 is 21.6 Å². The molecule has 5 nitrogen and oxygen atoms in total. The average molecular weight is 343 g/mol. The largest absolute Gasteiger partial charge is 0.492 e. The van der Waals surface area contributed by atoms with Crippen molar-refractivity contribution in [2.24, 2.45) is 0 Å². The number of benzene rings is 1. The lowest BCUT2D eigenvalue weighted by Gasteiger charge is -2.13. The first-order valence-electron chi connectivity index (χ1n) is 7.07. The zero-order valence-corrected chi connectivity index (χ0v) is 14.4. The number of rotatable bonds is 6. The third-order valence-corrected chi connectivity index (χ3v) is 5.18. The van der Waals surface area contributed by atoms with Crippen LogP contribution in [0.25, 0.3) is 0 Å². The molecule has 0 radical (unpaired) electrons. The average Bonchev–Trinajstić information content (AvgIpc) is 2.90. The molecule has 2 rings (SSSR count). The van der Waals surface area contributed by atoms with Crippen LogP contribution in [0.15, 0.2) is 29.3 Å². The molecule has 0 amide bonds. The van der Waals surface area contributed by atoms with Gasteiger partial charge in [-0.25, -0.2) is 0 Å². The smallest absolute Gasteiger partial charge is 0.286 e. The minimum Gasteiger partial charge on any atom is -0.492 e. The maximum absolute atomic E-state index is 12.7. The van der Waals surface area contributed by atoms with E-state index in [1.807, 2.05) is 13.8 Å². The van der Waals surface area contributed by atoms with Gasteiger partial charge in [-0.1, -0.05) is 24.9 Å². The lowest BCUT2D eigenvalue weighted by Crippen LogP contribution is -2.15. The van der Waals surface area contributed by atoms with E-state index in [0.29, 0.717) is 23.1 Å². The van der Waals surface area contributed by atoms with Crippen molar-refractivity contribution in [1.82, 2.24) is 9.19 Å². The normalized spacial score (nSPS) is 11.6. The SMILES string of the molecule is CCCCOc1cc(C)c(Cl)cc1S(=O)(=O)n1ccc(C)n1. The van der Waals surface area contributed by atoms with E-state index in [4.69, 9.17) is 16.3 Å². The second-order valence-corrected chi connectivity index (χ2v) is 7.26. The van der Waals surface area contributed by atoms with Gasteiger partial charge in [0, 0.05) is 11.2 Å². The Bertz CT molecular complexity index is 769. The summed E-state index contributed by atoms with van der Waals surface area (Å²) in [4.78, 5) is 0.0299. The van der Waals surface area contributed by atoms with Gasteiger partial charge in [0.1, 0.15) is 10.6 Å². The van der Waals surface area contributed by atoms with Crippen molar-refractivity contribution in [3.8, 4) is 5.75 Å².